The van der Waals surface area contributed by atoms with Crippen molar-refractivity contribution in [2.24, 2.45) is 0 Å². The SMILES string of the molecule is CC[C@@H]1CN(n2cc3[nH]c(=O)ccc3n2)[C@@H](CC)CN1C(C)c1ccc2nccnc2c1. The second-order valence-corrected chi connectivity index (χ2v) is 8.59. The summed E-state index contributed by atoms with van der Waals surface area (Å²) in [6, 6.07) is 10.7. The van der Waals surface area contributed by atoms with Crippen LogP contribution in [0.3, 0.4) is 0 Å². The Labute approximate surface area is 186 Å². The Kier molecular flexibility index (Phi) is 5.38. The van der Waals surface area contributed by atoms with E-state index < -0.39 is 0 Å². The molecule has 166 valence electrons. The molecule has 3 aromatic heterocycles. The lowest BCUT2D eigenvalue weighted by Gasteiger charge is -2.49. The number of aromatic nitrogens is 5. The molecule has 0 amide bonds. The van der Waals surface area contributed by atoms with E-state index >= 15 is 0 Å². The molecule has 32 heavy (non-hydrogen) atoms. The summed E-state index contributed by atoms with van der Waals surface area (Å²) in [4.78, 5) is 28.0. The van der Waals surface area contributed by atoms with Crippen LogP contribution in [0.15, 0.2) is 53.7 Å². The number of nitrogens with zero attached hydrogens (tertiary/aromatic N) is 6. The van der Waals surface area contributed by atoms with Crippen LogP contribution in [0, 0.1) is 0 Å². The highest BCUT2D eigenvalue weighted by molar-refractivity contribution is 5.74. The Morgan fingerprint density at radius 2 is 1.75 bits per heavy atom. The molecule has 1 aliphatic rings. The lowest BCUT2D eigenvalue weighted by molar-refractivity contribution is 0.0855. The van der Waals surface area contributed by atoms with Gasteiger partial charge < -0.3 is 4.98 Å². The van der Waals surface area contributed by atoms with Crippen LogP contribution in [0.25, 0.3) is 22.1 Å². The van der Waals surface area contributed by atoms with Gasteiger partial charge in [-0.1, -0.05) is 19.9 Å². The molecule has 1 fully saturated rings. The van der Waals surface area contributed by atoms with Gasteiger partial charge >= 0.3 is 0 Å². The van der Waals surface area contributed by atoms with Gasteiger partial charge in [-0.15, -0.1) is 0 Å². The summed E-state index contributed by atoms with van der Waals surface area (Å²) in [5, 5.41) is 7.09. The first-order chi connectivity index (χ1) is 15.6. The van der Waals surface area contributed by atoms with Crippen molar-refractivity contribution in [2.75, 3.05) is 18.1 Å². The fourth-order valence-corrected chi connectivity index (χ4v) is 4.87. The number of pyridine rings is 1. The molecule has 1 N–H and O–H groups in total. The molecule has 8 nitrogen and oxygen atoms in total. The zero-order valence-corrected chi connectivity index (χ0v) is 18.8. The first-order valence-corrected chi connectivity index (χ1v) is 11.4. The minimum absolute atomic E-state index is 0.103. The molecule has 4 heterocycles. The maximum Gasteiger partial charge on any atom is 0.248 e. The summed E-state index contributed by atoms with van der Waals surface area (Å²) in [7, 11) is 0. The highest BCUT2D eigenvalue weighted by Crippen LogP contribution is 2.30. The third-order valence-electron chi connectivity index (χ3n) is 6.77. The van der Waals surface area contributed by atoms with Crippen LogP contribution in [0.2, 0.25) is 0 Å². The molecular formula is C24H29N7O. The third kappa shape index (κ3) is 3.64. The molecule has 0 spiro atoms. The third-order valence-corrected chi connectivity index (χ3v) is 6.77. The Morgan fingerprint density at radius 3 is 2.53 bits per heavy atom. The number of hydrogen-bond acceptors (Lipinski definition) is 6. The predicted octanol–water partition coefficient (Wildman–Crippen LogP) is 3.24. The molecule has 1 aromatic carbocycles. The van der Waals surface area contributed by atoms with Crippen molar-refractivity contribution in [3.8, 4) is 0 Å². The number of H-pyrrole nitrogens is 1. The van der Waals surface area contributed by atoms with E-state index in [1.807, 2.05) is 11.0 Å². The molecule has 0 bridgehead atoms. The quantitative estimate of drug-likeness (QED) is 0.522. The summed E-state index contributed by atoms with van der Waals surface area (Å²) >= 11 is 0. The van der Waals surface area contributed by atoms with Crippen LogP contribution >= 0.6 is 0 Å². The van der Waals surface area contributed by atoms with Crippen molar-refractivity contribution < 1.29 is 0 Å². The first-order valence-electron chi connectivity index (χ1n) is 11.4. The highest BCUT2D eigenvalue weighted by atomic mass is 16.1. The van der Waals surface area contributed by atoms with E-state index in [0.717, 1.165) is 48.0 Å². The molecule has 1 unspecified atom stereocenters. The fraction of sp³-hybridized carbons (Fsp3) is 0.417. The standard InChI is InChI=1S/C24H29N7O/c1-4-18-14-30(31-15-23-21(28-31)8-9-24(32)27-23)19(5-2)13-29(18)16(3)17-6-7-20-22(12-17)26-11-10-25-20/h6-12,15-16,18-19H,4-5,13-14H2,1-3H3,(H,27,32)/t16?,18-,19+/m1/s1. The maximum absolute atomic E-state index is 11.7. The van der Waals surface area contributed by atoms with Gasteiger partial charge in [-0.25, -0.2) is 0 Å². The number of benzene rings is 1. The summed E-state index contributed by atoms with van der Waals surface area (Å²) in [5.41, 5.74) is 4.61. The number of hydrogen-bond donors (Lipinski definition) is 1. The Hall–Kier alpha value is -3.26. The van der Waals surface area contributed by atoms with E-state index in [2.05, 4.69) is 63.8 Å². The molecular weight excluding hydrogens is 402 g/mol. The largest absolute Gasteiger partial charge is 0.319 e. The topological polar surface area (TPSA) is 82.9 Å². The van der Waals surface area contributed by atoms with E-state index in [9.17, 15) is 4.79 Å². The van der Waals surface area contributed by atoms with Crippen LogP contribution in [-0.4, -0.2) is 54.9 Å². The Bertz CT molecular complexity index is 1300. The van der Waals surface area contributed by atoms with Crippen LogP contribution in [-0.2, 0) is 0 Å². The van der Waals surface area contributed by atoms with E-state index in [4.69, 9.17) is 5.10 Å². The minimum Gasteiger partial charge on any atom is -0.319 e. The average molecular weight is 432 g/mol. The molecule has 4 aromatic rings. The normalized spacial score (nSPS) is 20.8. The molecule has 3 atom stereocenters. The van der Waals surface area contributed by atoms with E-state index in [0.29, 0.717) is 12.1 Å². The van der Waals surface area contributed by atoms with Gasteiger partial charge in [0, 0.05) is 37.1 Å². The highest BCUT2D eigenvalue weighted by Gasteiger charge is 2.35. The van der Waals surface area contributed by atoms with E-state index in [-0.39, 0.29) is 11.6 Å². The van der Waals surface area contributed by atoms with Gasteiger partial charge in [0.25, 0.3) is 0 Å². The molecule has 1 aliphatic heterocycles. The monoisotopic (exact) mass is 431 g/mol. The number of rotatable bonds is 5. The molecule has 0 saturated carbocycles. The summed E-state index contributed by atoms with van der Waals surface area (Å²) in [5.74, 6) is 0. The van der Waals surface area contributed by atoms with Crippen molar-refractivity contribution in [2.45, 2.75) is 51.7 Å². The van der Waals surface area contributed by atoms with Crippen molar-refractivity contribution in [1.29, 1.82) is 0 Å². The van der Waals surface area contributed by atoms with Gasteiger partial charge in [-0.05, 0) is 43.5 Å². The number of aromatic amines is 1. The summed E-state index contributed by atoms with van der Waals surface area (Å²) < 4.78 is 0. The number of fused-ring (bicyclic) bond motifs is 2. The predicted molar refractivity (Wildman–Crippen MR) is 126 cm³/mol. The molecule has 5 rings (SSSR count). The molecule has 0 aliphatic carbocycles. The van der Waals surface area contributed by atoms with Gasteiger partial charge in [-0.3, -0.25) is 24.7 Å². The van der Waals surface area contributed by atoms with E-state index in [1.165, 1.54) is 11.6 Å². The van der Waals surface area contributed by atoms with Crippen LogP contribution in [0.4, 0.5) is 0 Å². The maximum atomic E-state index is 11.7. The van der Waals surface area contributed by atoms with Gasteiger partial charge in [0.1, 0.15) is 5.52 Å². The first kappa shape index (κ1) is 20.6. The fourth-order valence-electron chi connectivity index (χ4n) is 4.87. The number of piperazine rings is 1. The molecule has 0 radical (unpaired) electrons. The Morgan fingerprint density at radius 1 is 1.00 bits per heavy atom. The minimum atomic E-state index is -0.103. The molecule has 8 heteroatoms. The van der Waals surface area contributed by atoms with Gasteiger partial charge in [0.2, 0.25) is 5.56 Å². The lowest BCUT2D eigenvalue weighted by Crippen LogP contribution is -2.62. The summed E-state index contributed by atoms with van der Waals surface area (Å²) in [6.07, 6.45) is 7.47. The van der Waals surface area contributed by atoms with Crippen molar-refractivity contribution >= 4 is 22.1 Å². The zero-order chi connectivity index (χ0) is 22.2. The van der Waals surface area contributed by atoms with Crippen LogP contribution in [0.1, 0.15) is 45.2 Å². The van der Waals surface area contributed by atoms with Crippen molar-refractivity contribution in [3.05, 3.63) is 64.8 Å². The van der Waals surface area contributed by atoms with Gasteiger partial charge in [-0.2, -0.15) is 9.89 Å². The van der Waals surface area contributed by atoms with Gasteiger partial charge in [0.15, 0.2) is 0 Å². The van der Waals surface area contributed by atoms with E-state index in [1.54, 1.807) is 18.5 Å². The smallest absolute Gasteiger partial charge is 0.248 e. The van der Waals surface area contributed by atoms with Crippen molar-refractivity contribution in [3.63, 3.8) is 0 Å². The average Bonchev–Trinajstić information content (AvgIpc) is 3.25. The van der Waals surface area contributed by atoms with Crippen molar-refractivity contribution in [1.82, 2.24) is 29.7 Å². The molecule has 1 saturated heterocycles. The Balaban J connectivity index is 1.44. The van der Waals surface area contributed by atoms with Crippen LogP contribution in [0.5, 0.6) is 0 Å². The number of nitrogens with one attached hydrogen (secondary N) is 1. The van der Waals surface area contributed by atoms with Crippen LogP contribution < -0.4 is 10.6 Å². The second kappa shape index (κ2) is 8.35. The van der Waals surface area contributed by atoms with Gasteiger partial charge in [0.05, 0.1) is 35.3 Å². The lowest BCUT2D eigenvalue weighted by atomic mass is 9.98. The summed E-state index contributed by atoms with van der Waals surface area (Å²) in [6.45, 7) is 8.59. The zero-order valence-electron chi connectivity index (χ0n) is 18.8. The second-order valence-electron chi connectivity index (χ2n) is 8.59.